The average molecular weight is 333 g/mol. The van der Waals surface area contributed by atoms with Gasteiger partial charge in [-0.25, -0.2) is 0 Å². The van der Waals surface area contributed by atoms with Gasteiger partial charge in [-0.1, -0.05) is 19.1 Å². The molecule has 0 aromatic heterocycles. The number of benzene rings is 2. The van der Waals surface area contributed by atoms with E-state index in [9.17, 15) is 4.79 Å². The Kier molecular flexibility index (Phi) is 4.45. The second-order valence-electron chi connectivity index (χ2n) is 4.62. The molecule has 1 amide bonds. The Morgan fingerprint density at radius 3 is 2.40 bits per heavy atom. The van der Waals surface area contributed by atoms with E-state index >= 15 is 0 Å². The Morgan fingerprint density at radius 2 is 1.85 bits per heavy atom. The van der Waals surface area contributed by atoms with Crippen LogP contribution >= 0.6 is 15.9 Å². The molecule has 2 N–H and O–H groups in total. The van der Waals surface area contributed by atoms with Crippen molar-refractivity contribution in [2.45, 2.75) is 13.3 Å². The summed E-state index contributed by atoms with van der Waals surface area (Å²) in [7, 11) is 1.77. The van der Waals surface area contributed by atoms with Crippen LogP contribution in [0.15, 0.2) is 46.9 Å². The lowest BCUT2D eigenvalue weighted by molar-refractivity contribution is 0.0993. The first-order chi connectivity index (χ1) is 9.52. The van der Waals surface area contributed by atoms with Gasteiger partial charge in [0.15, 0.2) is 0 Å². The molecule has 0 aliphatic rings. The molecule has 2 aromatic carbocycles. The number of amides is 1. The topological polar surface area (TPSA) is 46.3 Å². The number of hydrogen-bond donors (Lipinski definition) is 1. The van der Waals surface area contributed by atoms with Crippen LogP contribution < -0.4 is 10.6 Å². The quantitative estimate of drug-likeness (QED) is 0.867. The summed E-state index contributed by atoms with van der Waals surface area (Å²) in [5, 5.41) is 0. The van der Waals surface area contributed by atoms with Crippen LogP contribution in [-0.4, -0.2) is 13.0 Å². The van der Waals surface area contributed by atoms with E-state index in [1.54, 1.807) is 30.1 Å². The Balaban J connectivity index is 2.24. The molecule has 4 heteroatoms. The number of nitrogens with zero attached hydrogens (tertiary/aromatic N) is 1. The van der Waals surface area contributed by atoms with Gasteiger partial charge in [0.2, 0.25) is 0 Å². The molecule has 104 valence electrons. The van der Waals surface area contributed by atoms with Crippen LogP contribution in [0.1, 0.15) is 22.8 Å². The summed E-state index contributed by atoms with van der Waals surface area (Å²) in [5.74, 6) is -0.0602. The molecule has 0 saturated heterocycles. The highest BCUT2D eigenvalue weighted by Gasteiger charge is 2.14. The van der Waals surface area contributed by atoms with Crippen molar-refractivity contribution in [2.75, 3.05) is 17.7 Å². The van der Waals surface area contributed by atoms with E-state index in [0.717, 1.165) is 16.6 Å². The van der Waals surface area contributed by atoms with Crippen LogP contribution in [-0.2, 0) is 6.42 Å². The summed E-state index contributed by atoms with van der Waals surface area (Å²) < 4.78 is 0.734. The molecule has 0 spiro atoms. The van der Waals surface area contributed by atoms with Crippen molar-refractivity contribution in [2.24, 2.45) is 0 Å². The number of halogens is 1. The first-order valence-electron chi connectivity index (χ1n) is 6.45. The van der Waals surface area contributed by atoms with Crippen LogP contribution in [0.5, 0.6) is 0 Å². The molecule has 0 saturated carbocycles. The lowest BCUT2D eigenvalue weighted by Crippen LogP contribution is -2.26. The fourth-order valence-corrected chi connectivity index (χ4v) is 2.31. The number of aryl methyl sites for hydroxylation is 1. The molecule has 0 aliphatic carbocycles. The van der Waals surface area contributed by atoms with E-state index in [4.69, 9.17) is 5.73 Å². The fraction of sp³-hybridized carbons (Fsp3) is 0.188. The van der Waals surface area contributed by atoms with Gasteiger partial charge >= 0.3 is 0 Å². The summed E-state index contributed by atoms with van der Waals surface area (Å²) in [6.07, 6.45) is 0.989. The van der Waals surface area contributed by atoms with Gasteiger partial charge in [0.1, 0.15) is 0 Å². The summed E-state index contributed by atoms with van der Waals surface area (Å²) in [5.41, 5.74) is 9.09. The van der Waals surface area contributed by atoms with E-state index in [-0.39, 0.29) is 5.91 Å². The third kappa shape index (κ3) is 3.02. The Morgan fingerprint density at radius 1 is 1.20 bits per heavy atom. The number of hydrogen-bond acceptors (Lipinski definition) is 2. The van der Waals surface area contributed by atoms with Crippen LogP contribution in [0.2, 0.25) is 0 Å². The van der Waals surface area contributed by atoms with Crippen LogP contribution in [0.25, 0.3) is 0 Å². The maximum Gasteiger partial charge on any atom is 0.258 e. The molecule has 0 radical (unpaired) electrons. The molecule has 3 nitrogen and oxygen atoms in total. The molecule has 0 atom stereocenters. The number of nitrogen functional groups attached to an aromatic ring is 1. The van der Waals surface area contributed by atoms with Crippen molar-refractivity contribution in [3.8, 4) is 0 Å². The van der Waals surface area contributed by atoms with Gasteiger partial charge in [-0.2, -0.15) is 0 Å². The minimum Gasteiger partial charge on any atom is -0.398 e. The van der Waals surface area contributed by atoms with Gasteiger partial charge in [-0.05, 0) is 58.2 Å². The number of carbonyl (C=O) groups excluding carboxylic acids is 1. The third-order valence-electron chi connectivity index (χ3n) is 3.28. The zero-order chi connectivity index (χ0) is 14.7. The molecule has 2 aromatic rings. The zero-order valence-electron chi connectivity index (χ0n) is 11.6. The monoisotopic (exact) mass is 332 g/mol. The Labute approximate surface area is 127 Å². The molecule has 20 heavy (non-hydrogen) atoms. The van der Waals surface area contributed by atoms with Crippen molar-refractivity contribution < 1.29 is 4.79 Å². The predicted molar refractivity (Wildman–Crippen MR) is 87.1 cm³/mol. The van der Waals surface area contributed by atoms with Gasteiger partial charge in [0.25, 0.3) is 5.91 Å². The second-order valence-corrected chi connectivity index (χ2v) is 5.47. The van der Waals surface area contributed by atoms with Gasteiger partial charge in [-0.3, -0.25) is 4.79 Å². The van der Waals surface area contributed by atoms with Crippen molar-refractivity contribution >= 4 is 33.2 Å². The largest absolute Gasteiger partial charge is 0.398 e. The minimum atomic E-state index is -0.0602. The van der Waals surface area contributed by atoms with E-state index < -0.39 is 0 Å². The normalized spacial score (nSPS) is 10.3. The van der Waals surface area contributed by atoms with Gasteiger partial charge in [0, 0.05) is 28.5 Å². The summed E-state index contributed by atoms with van der Waals surface area (Å²) in [6, 6.07) is 13.2. The van der Waals surface area contributed by atoms with Crippen molar-refractivity contribution in [1.82, 2.24) is 0 Å². The highest BCUT2D eigenvalue weighted by molar-refractivity contribution is 9.10. The first kappa shape index (κ1) is 14.6. The van der Waals surface area contributed by atoms with E-state index in [1.165, 1.54) is 5.56 Å². The van der Waals surface area contributed by atoms with Gasteiger partial charge < -0.3 is 10.6 Å². The minimum absolute atomic E-state index is 0.0602. The fourth-order valence-electron chi connectivity index (χ4n) is 1.93. The molecule has 0 bridgehead atoms. The third-order valence-corrected chi connectivity index (χ3v) is 3.97. The van der Waals surface area contributed by atoms with Crippen LogP contribution in [0, 0.1) is 0 Å². The number of rotatable bonds is 3. The van der Waals surface area contributed by atoms with Crippen molar-refractivity contribution in [1.29, 1.82) is 0 Å². The summed E-state index contributed by atoms with van der Waals surface area (Å²) in [6.45, 7) is 2.11. The number of carbonyl (C=O) groups is 1. The number of nitrogens with two attached hydrogens (primary N) is 1. The maximum absolute atomic E-state index is 12.4. The summed E-state index contributed by atoms with van der Waals surface area (Å²) >= 11 is 3.34. The van der Waals surface area contributed by atoms with E-state index in [2.05, 4.69) is 22.9 Å². The lowest BCUT2D eigenvalue weighted by atomic mass is 10.1. The first-order valence-corrected chi connectivity index (χ1v) is 7.24. The lowest BCUT2D eigenvalue weighted by Gasteiger charge is -2.18. The Hall–Kier alpha value is -1.81. The van der Waals surface area contributed by atoms with Crippen molar-refractivity contribution in [3.63, 3.8) is 0 Å². The molecule has 0 heterocycles. The number of anilines is 2. The summed E-state index contributed by atoms with van der Waals surface area (Å²) in [4.78, 5) is 14.1. The predicted octanol–water partition coefficient (Wildman–Crippen LogP) is 3.87. The standard InChI is InChI=1S/C16H17BrN2O/c1-3-11-4-7-13(8-5-11)19(2)16(20)12-6-9-15(18)14(17)10-12/h4-10H,3,18H2,1-2H3. The molecule has 0 aliphatic heterocycles. The van der Waals surface area contributed by atoms with Crippen LogP contribution in [0.3, 0.4) is 0 Å². The van der Waals surface area contributed by atoms with Crippen molar-refractivity contribution in [3.05, 3.63) is 58.1 Å². The molecular weight excluding hydrogens is 316 g/mol. The SMILES string of the molecule is CCc1ccc(N(C)C(=O)c2ccc(N)c(Br)c2)cc1. The smallest absolute Gasteiger partial charge is 0.258 e. The Bertz CT molecular complexity index is 623. The van der Waals surface area contributed by atoms with Crippen LogP contribution in [0.4, 0.5) is 11.4 Å². The highest BCUT2D eigenvalue weighted by atomic mass is 79.9. The molecular formula is C16H17BrN2O. The van der Waals surface area contributed by atoms with Gasteiger partial charge in [0.05, 0.1) is 0 Å². The highest BCUT2D eigenvalue weighted by Crippen LogP contribution is 2.23. The van der Waals surface area contributed by atoms with E-state index in [1.807, 2.05) is 24.3 Å². The van der Waals surface area contributed by atoms with Gasteiger partial charge in [-0.15, -0.1) is 0 Å². The van der Waals surface area contributed by atoms with E-state index in [0.29, 0.717) is 11.3 Å². The zero-order valence-corrected chi connectivity index (χ0v) is 13.1. The molecule has 0 fully saturated rings. The molecule has 2 rings (SSSR count). The molecule has 0 unspecified atom stereocenters. The second kappa shape index (κ2) is 6.09. The average Bonchev–Trinajstić information content (AvgIpc) is 2.48. The maximum atomic E-state index is 12.4.